The van der Waals surface area contributed by atoms with E-state index in [0.717, 1.165) is 16.2 Å². The third-order valence-electron chi connectivity index (χ3n) is 4.77. The molecule has 4 rings (SSSR count). The molecule has 0 radical (unpaired) electrons. The van der Waals surface area contributed by atoms with E-state index in [1.54, 1.807) is 48.1 Å². The van der Waals surface area contributed by atoms with Crippen LogP contribution in [0, 0.1) is 18.6 Å². The van der Waals surface area contributed by atoms with Crippen molar-refractivity contribution in [2.24, 2.45) is 0 Å². The quantitative estimate of drug-likeness (QED) is 0.498. The minimum absolute atomic E-state index is 0.115. The van der Waals surface area contributed by atoms with Crippen LogP contribution in [-0.4, -0.2) is 20.0 Å². The van der Waals surface area contributed by atoms with Crippen LogP contribution in [0.25, 0.3) is 16.9 Å². The van der Waals surface area contributed by atoms with Crippen molar-refractivity contribution >= 4 is 17.2 Å². The molecule has 0 aliphatic heterocycles. The molecule has 0 bridgehead atoms. The van der Waals surface area contributed by atoms with Crippen molar-refractivity contribution in [1.29, 1.82) is 0 Å². The van der Waals surface area contributed by atoms with Crippen LogP contribution in [-0.2, 0) is 17.9 Å². The Hall–Kier alpha value is -3.59. The fourth-order valence-corrected chi connectivity index (χ4v) is 4.15. The van der Waals surface area contributed by atoms with Gasteiger partial charge >= 0.3 is 4.87 Å². The molecule has 6 nitrogen and oxygen atoms in total. The Kier molecular flexibility index (Phi) is 5.77. The van der Waals surface area contributed by atoms with Crippen molar-refractivity contribution in [3.05, 3.63) is 92.9 Å². The zero-order chi connectivity index (χ0) is 22.0. The van der Waals surface area contributed by atoms with Gasteiger partial charge in [-0.15, -0.1) is 0 Å². The van der Waals surface area contributed by atoms with Gasteiger partial charge in [-0.3, -0.25) is 14.2 Å². The molecule has 31 heavy (non-hydrogen) atoms. The van der Waals surface area contributed by atoms with Gasteiger partial charge in [-0.25, -0.2) is 13.8 Å². The third-order valence-corrected chi connectivity index (χ3v) is 5.66. The van der Waals surface area contributed by atoms with Crippen molar-refractivity contribution in [2.75, 3.05) is 0 Å². The van der Waals surface area contributed by atoms with Gasteiger partial charge in [-0.2, -0.15) is 0 Å². The highest BCUT2D eigenvalue weighted by Gasteiger charge is 2.16. The predicted octanol–water partition coefficient (Wildman–Crippen LogP) is 3.67. The van der Waals surface area contributed by atoms with E-state index in [2.05, 4.69) is 10.3 Å². The maximum atomic E-state index is 14.4. The van der Waals surface area contributed by atoms with Crippen LogP contribution < -0.4 is 10.2 Å². The lowest BCUT2D eigenvalue weighted by Crippen LogP contribution is -2.30. The van der Waals surface area contributed by atoms with E-state index in [1.165, 1.54) is 29.1 Å². The largest absolute Gasteiger partial charge is 0.350 e. The molecule has 2 aromatic heterocycles. The topological polar surface area (TPSA) is 68.9 Å². The van der Waals surface area contributed by atoms with E-state index in [0.29, 0.717) is 22.5 Å². The van der Waals surface area contributed by atoms with Crippen LogP contribution in [0.1, 0.15) is 10.4 Å². The standard InChI is InChI=1S/C22H18F2N4O2S/c1-14-21(16-3-5-17(23)6-4-16)28(22(30)31-14)12-20(29)26-11-15-2-7-19(18(24)10-15)27-9-8-25-13-27/h2-10,13H,11-12H2,1H3,(H,26,29). The third kappa shape index (κ3) is 4.46. The molecule has 2 heterocycles. The number of amides is 1. The highest BCUT2D eigenvalue weighted by atomic mass is 32.1. The summed E-state index contributed by atoms with van der Waals surface area (Å²) in [6.45, 7) is 1.71. The lowest BCUT2D eigenvalue weighted by molar-refractivity contribution is -0.121. The molecule has 0 saturated carbocycles. The Morgan fingerprint density at radius 3 is 2.61 bits per heavy atom. The smallest absolute Gasteiger partial charge is 0.308 e. The van der Waals surface area contributed by atoms with Crippen molar-refractivity contribution in [1.82, 2.24) is 19.4 Å². The number of thiazole rings is 1. The summed E-state index contributed by atoms with van der Waals surface area (Å²) >= 11 is 1.03. The fraction of sp³-hybridized carbons (Fsp3) is 0.136. The Labute approximate surface area is 180 Å². The van der Waals surface area contributed by atoms with Crippen LogP contribution in [0.4, 0.5) is 8.78 Å². The molecular weight excluding hydrogens is 422 g/mol. The van der Waals surface area contributed by atoms with E-state index >= 15 is 0 Å². The minimum Gasteiger partial charge on any atom is -0.350 e. The number of carbonyl (C=O) groups is 1. The maximum Gasteiger partial charge on any atom is 0.308 e. The number of rotatable bonds is 6. The number of aryl methyl sites for hydroxylation is 1. The van der Waals surface area contributed by atoms with E-state index in [9.17, 15) is 18.4 Å². The lowest BCUT2D eigenvalue weighted by atomic mass is 10.1. The summed E-state index contributed by atoms with van der Waals surface area (Å²) in [6.07, 6.45) is 4.69. The Morgan fingerprint density at radius 1 is 1.16 bits per heavy atom. The molecular formula is C22H18F2N4O2S. The molecule has 0 saturated heterocycles. The van der Waals surface area contributed by atoms with Crippen molar-refractivity contribution in [3.63, 3.8) is 0 Å². The first-order valence-corrected chi connectivity index (χ1v) is 10.2. The number of imidazole rings is 1. The normalized spacial score (nSPS) is 10.9. The van der Waals surface area contributed by atoms with Gasteiger partial charge in [0.05, 0.1) is 17.7 Å². The van der Waals surface area contributed by atoms with Gasteiger partial charge in [0.2, 0.25) is 5.91 Å². The number of nitrogens with one attached hydrogen (secondary N) is 1. The summed E-state index contributed by atoms with van der Waals surface area (Å²) < 4.78 is 30.6. The van der Waals surface area contributed by atoms with Gasteiger partial charge in [-0.05, 0) is 54.4 Å². The molecule has 1 amide bonds. The summed E-state index contributed by atoms with van der Waals surface area (Å²) in [4.78, 5) is 29.2. The summed E-state index contributed by atoms with van der Waals surface area (Å²) in [5.74, 6) is -1.20. The van der Waals surface area contributed by atoms with Gasteiger partial charge in [0, 0.05) is 23.8 Å². The molecule has 9 heteroatoms. The van der Waals surface area contributed by atoms with Crippen LogP contribution in [0.3, 0.4) is 0 Å². The molecule has 0 aliphatic carbocycles. The van der Waals surface area contributed by atoms with Gasteiger partial charge < -0.3 is 9.88 Å². The number of aromatic nitrogens is 3. The molecule has 4 aromatic rings. The summed E-state index contributed by atoms with van der Waals surface area (Å²) in [7, 11) is 0. The number of carbonyl (C=O) groups excluding carboxylic acids is 1. The summed E-state index contributed by atoms with van der Waals surface area (Å²) in [5.41, 5.74) is 2.18. The van der Waals surface area contributed by atoms with Crippen molar-refractivity contribution in [3.8, 4) is 16.9 Å². The first-order valence-electron chi connectivity index (χ1n) is 9.42. The Balaban J connectivity index is 1.47. The summed E-state index contributed by atoms with van der Waals surface area (Å²) in [6, 6.07) is 10.4. The SMILES string of the molecule is Cc1sc(=O)n(CC(=O)NCc2ccc(-n3ccnc3)c(F)c2)c1-c1ccc(F)cc1. The van der Waals surface area contributed by atoms with Crippen molar-refractivity contribution < 1.29 is 13.6 Å². The van der Waals surface area contributed by atoms with Crippen LogP contribution >= 0.6 is 11.3 Å². The van der Waals surface area contributed by atoms with Gasteiger partial charge in [-0.1, -0.05) is 17.4 Å². The zero-order valence-electron chi connectivity index (χ0n) is 16.5. The fourth-order valence-electron chi connectivity index (χ4n) is 3.30. The van der Waals surface area contributed by atoms with Gasteiger partial charge in [0.15, 0.2) is 0 Å². The average molecular weight is 440 g/mol. The molecule has 1 N–H and O–H groups in total. The second-order valence-electron chi connectivity index (χ2n) is 6.90. The molecule has 0 unspecified atom stereocenters. The second-order valence-corrected chi connectivity index (χ2v) is 8.06. The van der Waals surface area contributed by atoms with Crippen LogP contribution in [0.5, 0.6) is 0 Å². The van der Waals surface area contributed by atoms with E-state index in [1.807, 2.05) is 0 Å². The van der Waals surface area contributed by atoms with Crippen LogP contribution in [0.15, 0.2) is 66.0 Å². The molecule has 2 aromatic carbocycles. The average Bonchev–Trinajstić information content (AvgIpc) is 3.36. The number of halogens is 2. The predicted molar refractivity (Wildman–Crippen MR) is 114 cm³/mol. The molecule has 0 fully saturated rings. The van der Waals surface area contributed by atoms with Gasteiger partial charge in [0.1, 0.15) is 18.2 Å². The molecule has 158 valence electrons. The molecule has 0 atom stereocenters. The minimum atomic E-state index is -0.437. The van der Waals surface area contributed by atoms with Crippen LogP contribution in [0.2, 0.25) is 0 Å². The van der Waals surface area contributed by atoms with Crippen molar-refractivity contribution in [2.45, 2.75) is 20.0 Å². The Morgan fingerprint density at radius 2 is 1.94 bits per heavy atom. The monoisotopic (exact) mass is 440 g/mol. The first-order chi connectivity index (χ1) is 14.9. The van der Waals surface area contributed by atoms with E-state index in [-0.39, 0.29) is 29.7 Å². The number of benzene rings is 2. The number of hydrogen-bond donors (Lipinski definition) is 1. The lowest BCUT2D eigenvalue weighted by Gasteiger charge is -2.11. The summed E-state index contributed by atoms with van der Waals surface area (Å²) in [5, 5.41) is 2.71. The van der Waals surface area contributed by atoms with E-state index in [4.69, 9.17) is 0 Å². The van der Waals surface area contributed by atoms with Gasteiger partial charge in [0.25, 0.3) is 0 Å². The number of nitrogens with zero attached hydrogens (tertiary/aromatic N) is 3. The van der Waals surface area contributed by atoms with E-state index < -0.39 is 5.82 Å². The molecule has 0 spiro atoms. The molecule has 0 aliphatic rings. The zero-order valence-corrected chi connectivity index (χ0v) is 17.3. The Bertz CT molecular complexity index is 1280. The highest BCUT2D eigenvalue weighted by molar-refractivity contribution is 7.09. The number of hydrogen-bond acceptors (Lipinski definition) is 4. The first kappa shape index (κ1) is 20.7. The second kappa shape index (κ2) is 8.65. The maximum absolute atomic E-state index is 14.4. The highest BCUT2D eigenvalue weighted by Crippen LogP contribution is 2.25.